The molecule has 1 heterocycles. The first kappa shape index (κ1) is 14.2. The van der Waals surface area contributed by atoms with Crippen molar-refractivity contribution in [2.75, 3.05) is 17.7 Å². The monoisotopic (exact) mass is 279 g/mol. The first-order valence-corrected chi connectivity index (χ1v) is 7.28. The first-order valence-electron chi connectivity index (χ1n) is 6.75. The molecule has 0 saturated heterocycles. The van der Waals surface area contributed by atoms with Gasteiger partial charge >= 0.3 is 0 Å². The average Bonchev–Trinajstić information content (AvgIpc) is 2.72. The summed E-state index contributed by atoms with van der Waals surface area (Å²) in [7, 11) is 2.05. The van der Waals surface area contributed by atoms with Crippen LogP contribution in [0.25, 0.3) is 11.0 Å². The number of aryl methyl sites for hydroxylation is 1. The van der Waals surface area contributed by atoms with Gasteiger partial charge in [0.15, 0.2) is 0 Å². The highest BCUT2D eigenvalue weighted by molar-refractivity contribution is 6.17. The highest BCUT2D eigenvalue weighted by Crippen LogP contribution is 2.24. The minimum atomic E-state index is 0.229. The lowest BCUT2D eigenvalue weighted by Crippen LogP contribution is -2.24. The van der Waals surface area contributed by atoms with E-state index < -0.39 is 0 Å². The molecule has 0 amide bonds. The van der Waals surface area contributed by atoms with Crippen LogP contribution in [0.1, 0.15) is 26.7 Å². The fourth-order valence-electron chi connectivity index (χ4n) is 2.26. The minimum absolute atomic E-state index is 0.229. The second-order valence-electron chi connectivity index (χ2n) is 5.79. The van der Waals surface area contributed by atoms with Gasteiger partial charge in [0.25, 0.3) is 0 Å². The number of nitrogens with one attached hydrogen (secondary N) is 1. The van der Waals surface area contributed by atoms with Gasteiger partial charge in [-0.1, -0.05) is 26.0 Å². The molecule has 0 aliphatic carbocycles. The van der Waals surface area contributed by atoms with Crippen molar-refractivity contribution in [2.24, 2.45) is 12.5 Å². The predicted molar refractivity (Wildman–Crippen MR) is 82.9 cm³/mol. The summed E-state index contributed by atoms with van der Waals surface area (Å²) in [6.45, 7) is 5.42. The van der Waals surface area contributed by atoms with Gasteiger partial charge < -0.3 is 9.88 Å². The molecular weight excluding hydrogens is 258 g/mol. The molecule has 2 rings (SSSR count). The van der Waals surface area contributed by atoms with Gasteiger partial charge in [-0.3, -0.25) is 0 Å². The molecule has 0 aliphatic heterocycles. The van der Waals surface area contributed by atoms with E-state index in [2.05, 4.69) is 34.8 Å². The Bertz CT molecular complexity index is 545. The number of imidazole rings is 1. The second kappa shape index (κ2) is 5.83. The number of hydrogen-bond acceptors (Lipinski definition) is 2. The molecule has 0 unspecified atom stereocenters. The quantitative estimate of drug-likeness (QED) is 0.809. The molecule has 0 spiro atoms. The third-order valence-corrected chi connectivity index (χ3v) is 3.77. The number of aromatic nitrogens is 2. The Hall–Kier alpha value is -1.22. The summed E-state index contributed by atoms with van der Waals surface area (Å²) in [5.41, 5.74) is 2.42. The van der Waals surface area contributed by atoms with Crippen LogP contribution in [0.15, 0.2) is 24.3 Å². The third-order valence-electron chi connectivity index (χ3n) is 3.50. The van der Waals surface area contributed by atoms with Crippen LogP contribution < -0.4 is 5.32 Å². The Balaban J connectivity index is 2.07. The maximum atomic E-state index is 5.77. The van der Waals surface area contributed by atoms with Gasteiger partial charge in [-0.15, -0.1) is 11.6 Å². The zero-order valence-electron chi connectivity index (χ0n) is 11.9. The summed E-state index contributed by atoms with van der Waals surface area (Å²) in [6, 6.07) is 8.19. The van der Waals surface area contributed by atoms with Gasteiger partial charge in [-0.25, -0.2) is 4.98 Å². The third kappa shape index (κ3) is 3.41. The maximum Gasteiger partial charge on any atom is 0.203 e. The van der Waals surface area contributed by atoms with Crippen LogP contribution >= 0.6 is 11.6 Å². The van der Waals surface area contributed by atoms with Crippen molar-refractivity contribution in [1.29, 1.82) is 0 Å². The summed E-state index contributed by atoms with van der Waals surface area (Å²) in [4.78, 5) is 4.62. The van der Waals surface area contributed by atoms with Gasteiger partial charge in [-0.05, 0) is 30.4 Å². The summed E-state index contributed by atoms with van der Waals surface area (Å²) in [6.07, 6.45) is 2.17. The van der Waals surface area contributed by atoms with Gasteiger partial charge in [0.1, 0.15) is 0 Å². The Kier molecular flexibility index (Phi) is 4.35. The van der Waals surface area contributed by atoms with E-state index in [4.69, 9.17) is 11.6 Å². The summed E-state index contributed by atoms with van der Waals surface area (Å²) < 4.78 is 2.10. The molecular formula is C15H22ClN3. The Morgan fingerprint density at radius 2 is 2.05 bits per heavy atom. The molecule has 0 saturated carbocycles. The Morgan fingerprint density at radius 1 is 1.32 bits per heavy atom. The molecule has 0 aliphatic rings. The molecule has 1 aromatic carbocycles. The number of nitrogens with zero attached hydrogens (tertiary/aromatic N) is 2. The van der Waals surface area contributed by atoms with E-state index in [0.717, 1.165) is 42.2 Å². The molecule has 1 aromatic heterocycles. The summed E-state index contributed by atoms with van der Waals surface area (Å²) >= 11 is 5.77. The maximum absolute atomic E-state index is 5.77. The molecule has 0 atom stereocenters. The van der Waals surface area contributed by atoms with E-state index in [9.17, 15) is 0 Å². The van der Waals surface area contributed by atoms with E-state index in [-0.39, 0.29) is 5.41 Å². The van der Waals surface area contributed by atoms with Crippen LogP contribution in [0.2, 0.25) is 0 Å². The van der Waals surface area contributed by atoms with Crippen molar-refractivity contribution in [3.05, 3.63) is 24.3 Å². The van der Waals surface area contributed by atoms with Crippen LogP contribution in [-0.2, 0) is 7.05 Å². The molecule has 0 fully saturated rings. The molecule has 3 nitrogen and oxygen atoms in total. The number of fused-ring (bicyclic) bond motifs is 1. The number of para-hydroxylation sites is 2. The molecule has 0 bridgehead atoms. The van der Waals surface area contributed by atoms with Gasteiger partial charge in [0.2, 0.25) is 5.95 Å². The zero-order valence-corrected chi connectivity index (χ0v) is 12.7. The Labute approximate surface area is 120 Å². The van der Waals surface area contributed by atoms with Crippen molar-refractivity contribution in [1.82, 2.24) is 9.55 Å². The van der Waals surface area contributed by atoms with E-state index in [1.165, 1.54) is 0 Å². The van der Waals surface area contributed by atoms with Crippen LogP contribution in [0.3, 0.4) is 0 Å². The van der Waals surface area contributed by atoms with E-state index in [1.807, 2.05) is 25.2 Å². The largest absolute Gasteiger partial charge is 0.355 e. The lowest BCUT2D eigenvalue weighted by molar-refractivity contribution is 0.354. The highest BCUT2D eigenvalue weighted by atomic mass is 35.5. The fraction of sp³-hybridized carbons (Fsp3) is 0.533. The van der Waals surface area contributed by atoms with Crippen LogP contribution in [0, 0.1) is 5.41 Å². The smallest absolute Gasteiger partial charge is 0.203 e. The van der Waals surface area contributed by atoms with Crippen LogP contribution in [-0.4, -0.2) is 22.0 Å². The van der Waals surface area contributed by atoms with E-state index >= 15 is 0 Å². The standard InChI is InChI=1S/C15H22ClN3/c1-15(2,9-6-10-16)11-17-14-18-12-7-4-5-8-13(12)19(14)3/h4-5,7-8H,6,9-11H2,1-3H3,(H,17,18). The Morgan fingerprint density at radius 3 is 2.74 bits per heavy atom. The fourth-order valence-corrected chi connectivity index (χ4v) is 2.39. The average molecular weight is 280 g/mol. The van der Waals surface area contributed by atoms with Crippen molar-refractivity contribution in [3.63, 3.8) is 0 Å². The number of alkyl halides is 1. The van der Waals surface area contributed by atoms with E-state index in [1.54, 1.807) is 0 Å². The number of halogens is 1. The van der Waals surface area contributed by atoms with Crippen molar-refractivity contribution < 1.29 is 0 Å². The number of anilines is 1. The predicted octanol–water partition coefficient (Wildman–Crippen LogP) is 4.03. The van der Waals surface area contributed by atoms with Crippen LogP contribution in [0.4, 0.5) is 5.95 Å². The number of rotatable bonds is 6. The summed E-state index contributed by atoms with van der Waals surface area (Å²) in [5, 5.41) is 3.46. The SMILES string of the molecule is Cn1c(NCC(C)(C)CCCCl)nc2ccccc21. The van der Waals surface area contributed by atoms with Crippen molar-refractivity contribution in [2.45, 2.75) is 26.7 Å². The van der Waals surface area contributed by atoms with E-state index in [0.29, 0.717) is 0 Å². The minimum Gasteiger partial charge on any atom is -0.355 e. The molecule has 19 heavy (non-hydrogen) atoms. The molecule has 4 heteroatoms. The van der Waals surface area contributed by atoms with Gasteiger partial charge in [-0.2, -0.15) is 0 Å². The lowest BCUT2D eigenvalue weighted by atomic mass is 9.88. The van der Waals surface area contributed by atoms with Crippen LogP contribution in [0.5, 0.6) is 0 Å². The normalized spacial score (nSPS) is 12.0. The van der Waals surface area contributed by atoms with Crippen molar-refractivity contribution in [3.8, 4) is 0 Å². The molecule has 2 aromatic rings. The topological polar surface area (TPSA) is 29.9 Å². The van der Waals surface area contributed by atoms with Gasteiger partial charge in [0, 0.05) is 19.5 Å². The molecule has 104 valence electrons. The van der Waals surface area contributed by atoms with Crippen molar-refractivity contribution >= 4 is 28.6 Å². The highest BCUT2D eigenvalue weighted by Gasteiger charge is 2.18. The molecule has 0 radical (unpaired) electrons. The first-order chi connectivity index (χ1) is 9.03. The van der Waals surface area contributed by atoms with Gasteiger partial charge in [0.05, 0.1) is 11.0 Å². The number of hydrogen-bond donors (Lipinski definition) is 1. The number of benzene rings is 1. The second-order valence-corrected chi connectivity index (χ2v) is 6.17. The molecule has 1 N–H and O–H groups in total. The zero-order chi connectivity index (χ0) is 13.9. The lowest BCUT2D eigenvalue weighted by Gasteiger charge is -2.24. The summed E-state index contributed by atoms with van der Waals surface area (Å²) in [5.74, 6) is 1.66.